The molecule has 1 aromatic heterocycles. The van der Waals surface area contributed by atoms with Gasteiger partial charge in [0.2, 0.25) is 0 Å². The molecule has 106 valence electrons. The van der Waals surface area contributed by atoms with Gasteiger partial charge < -0.3 is 15.6 Å². The predicted molar refractivity (Wildman–Crippen MR) is 47.3 cm³/mol. The fourth-order valence-electron chi connectivity index (χ4n) is 1.17. The van der Waals surface area contributed by atoms with Crippen molar-refractivity contribution in [3.8, 4) is 5.75 Å². The van der Waals surface area contributed by atoms with E-state index in [1.54, 1.807) is 0 Å². The Morgan fingerprint density at radius 2 is 1.79 bits per heavy atom. The summed E-state index contributed by atoms with van der Waals surface area (Å²) in [6.45, 7) is 0. The topological polar surface area (TPSA) is 85.4 Å². The summed E-state index contributed by atoms with van der Waals surface area (Å²) in [6, 6.07) is 0.142. The second-order valence-corrected chi connectivity index (χ2v) is 3.12. The molecule has 0 radical (unpaired) electrons. The summed E-state index contributed by atoms with van der Waals surface area (Å²) in [5.74, 6) is -4.82. The molecule has 0 amide bonds. The predicted octanol–water partition coefficient (Wildman–Crippen LogP) is 2.28. The molecule has 0 saturated heterocycles. The maximum Gasteiger partial charge on any atom is 0.573 e. The molecular weight excluding hydrogens is 286 g/mol. The van der Waals surface area contributed by atoms with Gasteiger partial charge in [0, 0.05) is 6.07 Å². The third-order valence-electron chi connectivity index (χ3n) is 1.71. The van der Waals surface area contributed by atoms with E-state index < -0.39 is 41.3 Å². The van der Waals surface area contributed by atoms with E-state index in [0.29, 0.717) is 0 Å². The molecule has 0 bridgehead atoms. The van der Waals surface area contributed by atoms with Crippen LogP contribution in [0.15, 0.2) is 6.07 Å². The maximum absolute atomic E-state index is 12.6. The number of nitrogens with two attached hydrogens (primary N) is 1. The third-order valence-corrected chi connectivity index (χ3v) is 1.71. The molecule has 0 spiro atoms. The number of carboxylic acid groups (broad SMARTS) is 1. The number of halogens is 6. The number of pyridine rings is 1. The van der Waals surface area contributed by atoms with E-state index in [9.17, 15) is 31.1 Å². The van der Waals surface area contributed by atoms with Gasteiger partial charge in [0.15, 0.2) is 5.69 Å². The molecule has 0 unspecified atom stereocenters. The van der Waals surface area contributed by atoms with Crippen LogP contribution in [0, 0.1) is 0 Å². The molecule has 11 heteroatoms. The number of rotatable bonds is 2. The molecule has 3 N–H and O–H groups in total. The number of ether oxygens (including phenoxy) is 1. The van der Waals surface area contributed by atoms with Crippen LogP contribution in [-0.4, -0.2) is 22.4 Å². The van der Waals surface area contributed by atoms with E-state index in [1.807, 2.05) is 0 Å². The van der Waals surface area contributed by atoms with Crippen molar-refractivity contribution in [1.29, 1.82) is 0 Å². The average Bonchev–Trinajstić information content (AvgIpc) is 2.10. The van der Waals surface area contributed by atoms with Crippen LogP contribution < -0.4 is 10.5 Å². The highest BCUT2D eigenvalue weighted by Crippen LogP contribution is 2.40. The normalized spacial score (nSPS) is 12.3. The molecule has 0 aromatic carbocycles. The lowest BCUT2D eigenvalue weighted by atomic mass is 10.1. The van der Waals surface area contributed by atoms with Gasteiger partial charge in [0.05, 0.1) is 0 Å². The Labute approximate surface area is 100 Å². The summed E-state index contributed by atoms with van der Waals surface area (Å²) in [7, 11) is 0. The third kappa shape index (κ3) is 3.63. The van der Waals surface area contributed by atoms with E-state index in [1.165, 1.54) is 0 Å². The number of aromatic nitrogens is 1. The van der Waals surface area contributed by atoms with Gasteiger partial charge in [-0.05, 0) is 0 Å². The molecule has 1 rings (SSSR count). The SMILES string of the molecule is Nc1cc(OC(F)(F)F)c(C(F)(F)F)c(C(=O)O)n1. The first-order valence-corrected chi connectivity index (χ1v) is 4.28. The maximum atomic E-state index is 12.6. The first-order valence-electron chi connectivity index (χ1n) is 4.28. The van der Waals surface area contributed by atoms with E-state index in [2.05, 4.69) is 9.72 Å². The standard InChI is InChI=1S/C8H4F6N2O3/c9-7(10,11)4-2(19-8(12,13)14)1-3(15)16-5(4)6(17)18/h1H,(H2,15,16)(H,17,18). The van der Waals surface area contributed by atoms with Crippen LogP contribution in [0.1, 0.15) is 16.1 Å². The van der Waals surface area contributed by atoms with Crippen LogP contribution in [0.2, 0.25) is 0 Å². The Hall–Kier alpha value is -2.20. The Bertz CT molecular complexity index is 510. The molecule has 5 nitrogen and oxygen atoms in total. The number of nitrogen functional groups attached to an aromatic ring is 1. The molecule has 0 aliphatic heterocycles. The molecule has 0 saturated carbocycles. The Balaban J connectivity index is 3.56. The fourth-order valence-corrected chi connectivity index (χ4v) is 1.17. The zero-order valence-electron chi connectivity index (χ0n) is 8.63. The first kappa shape index (κ1) is 14.9. The van der Waals surface area contributed by atoms with Crippen molar-refractivity contribution in [2.24, 2.45) is 0 Å². The number of anilines is 1. The van der Waals surface area contributed by atoms with Gasteiger partial charge in [-0.25, -0.2) is 9.78 Å². The van der Waals surface area contributed by atoms with Crippen molar-refractivity contribution in [3.05, 3.63) is 17.3 Å². The molecule has 19 heavy (non-hydrogen) atoms. The van der Waals surface area contributed by atoms with Crippen LogP contribution in [0.3, 0.4) is 0 Å². The van der Waals surface area contributed by atoms with Gasteiger partial charge in [-0.3, -0.25) is 0 Å². The molecule has 0 aliphatic rings. The Kier molecular flexibility index (Phi) is 3.50. The highest BCUT2D eigenvalue weighted by atomic mass is 19.4. The lowest BCUT2D eigenvalue weighted by Crippen LogP contribution is -2.23. The molecular formula is C8H4F6N2O3. The zero-order valence-corrected chi connectivity index (χ0v) is 8.63. The van der Waals surface area contributed by atoms with Gasteiger partial charge in [-0.2, -0.15) is 13.2 Å². The summed E-state index contributed by atoms with van der Waals surface area (Å²) in [4.78, 5) is 13.4. The number of hydrogen-bond acceptors (Lipinski definition) is 4. The quantitative estimate of drug-likeness (QED) is 0.816. The second kappa shape index (κ2) is 4.48. The van der Waals surface area contributed by atoms with Crippen LogP contribution in [0.5, 0.6) is 5.75 Å². The van der Waals surface area contributed by atoms with Gasteiger partial charge in [-0.1, -0.05) is 0 Å². The molecule has 1 aromatic rings. The van der Waals surface area contributed by atoms with Crippen molar-refractivity contribution in [1.82, 2.24) is 4.98 Å². The number of carbonyl (C=O) groups is 1. The van der Waals surface area contributed by atoms with Gasteiger partial charge >= 0.3 is 18.5 Å². The first-order chi connectivity index (χ1) is 8.42. The van der Waals surface area contributed by atoms with Gasteiger partial charge in [0.1, 0.15) is 17.1 Å². The van der Waals surface area contributed by atoms with E-state index in [0.717, 1.165) is 0 Å². The summed E-state index contributed by atoms with van der Waals surface area (Å²) in [6.07, 6.45) is -10.8. The molecule has 0 atom stereocenters. The molecule has 1 heterocycles. The monoisotopic (exact) mass is 290 g/mol. The average molecular weight is 290 g/mol. The van der Waals surface area contributed by atoms with E-state index in [4.69, 9.17) is 10.8 Å². The Morgan fingerprint density at radius 3 is 2.16 bits per heavy atom. The molecule has 0 fully saturated rings. The van der Waals surface area contributed by atoms with Crippen molar-refractivity contribution in [3.63, 3.8) is 0 Å². The number of aromatic carboxylic acids is 1. The summed E-state index contributed by atoms with van der Waals surface area (Å²) in [5, 5.41) is 8.52. The lowest BCUT2D eigenvalue weighted by Gasteiger charge is -2.17. The molecule has 0 aliphatic carbocycles. The highest BCUT2D eigenvalue weighted by Gasteiger charge is 2.43. The van der Waals surface area contributed by atoms with Crippen molar-refractivity contribution in [2.45, 2.75) is 12.5 Å². The van der Waals surface area contributed by atoms with Gasteiger partial charge in [-0.15, -0.1) is 13.2 Å². The number of nitrogens with zero attached hydrogens (tertiary/aromatic N) is 1. The number of alkyl halides is 6. The van der Waals surface area contributed by atoms with E-state index >= 15 is 0 Å². The number of carboxylic acids is 1. The van der Waals surface area contributed by atoms with Crippen LogP contribution in [0.25, 0.3) is 0 Å². The van der Waals surface area contributed by atoms with Gasteiger partial charge in [0.25, 0.3) is 0 Å². The smallest absolute Gasteiger partial charge is 0.476 e. The largest absolute Gasteiger partial charge is 0.573 e. The highest BCUT2D eigenvalue weighted by molar-refractivity contribution is 5.89. The minimum absolute atomic E-state index is 0.142. The summed E-state index contributed by atoms with van der Waals surface area (Å²) >= 11 is 0. The van der Waals surface area contributed by atoms with E-state index in [-0.39, 0.29) is 6.07 Å². The second-order valence-electron chi connectivity index (χ2n) is 3.12. The lowest BCUT2D eigenvalue weighted by molar-refractivity contribution is -0.276. The summed E-state index contributed by atoms with van der Waals surface area (Å²) in [5.41, 5.74) is 1.10. The minimum Gasteiger partial charge on any atom is -0.476 e. The fraction of sp³-hybridized carbons (Fsp3) is 0.250. The van der Waals surface area contributed by atoms with Crippen molar-refractivity contribution in [2.75, 3.05) is 5.73 Å². The van der Waals surface area contributed by atoms with Crippen LogP contribution >= 0.6 is 0 Å². The van der Waals surface area contributed by atoms with Crippen LogP contribution in [-0.2, 0) is 6.18 Å². The van der Waals surface area contributed by atoms with Crippen molar-refractivity contribution >= 4 is 11.8 Å². The number of hydrogen-bond donors (Lipinski definition) is 2. The van der Waals surface area contributed by atoms with Crippen molar-refractivity contribution < 1.29 is 41.0 Å². The minimum atomic E-state index is -5.44. The zero-order chi connectivity index (χ0) is 15.0. The summed E-state index contributed by atoms with van der Waals surface area (Å²) < 4.78 is 76.8. The van der Waals surface area contributed by atoms with Crippen LogP contribution in [0.4, 0.5) is 32.2 Å². The Morgan fingerprint density at radius 1 is 1.26 bits per heavy atom.